The van der Waals surface area contributed by atoms with Gasteiger partial charge in [0.2, 0.25) is 11.8 Å². The van der Waals surface area contributed by atoms with Gasteiger partial charge in [-0.25, -0.2) is 0 Å². The Morgan fingerprint density at radius 1 is 1.12 bits per heavy atom. The molecular weight excluding hydrogens is 350 g/mol. The number of amides is 3. The first kappa shape index (κ1) is 18.0. The summed E-state index contributed by atoms with van der Waals surface area (Å²) >= 11 is 1.48. The van der Waals surface area contributed by atoms with Crippen LogP contribution in [-0.2, 0) is 9.59 Å². The van der Waals surface area contributed by atoms with Gasteiger partial charge in [0.15, 0.2) is 0 Å². The van der Waals surface area contributed by atoms with Crippen LogP contribution >= 0.6 is 11.8 Å². The molecule has 7 heteroatoms. The van der Waals surface area contributed by atoms with Crippen molar-refractivity contribution in [3.63, 3.8) is 0 Å². The Morgan fingerprint density at radius 3 is 2.65 bits per heavy atom. The number of carbonyl (C=O) groups excluding carboxylic acids is 3. The first-order chi connectivity index (χ1) is 12.5. The molecule has 2 aromatic carbocycles. The number of carbonyl (C=O) groups is 3. The Hall–Kier alpha value is -2.80. The first-order valence-corrected chi connectivity index (χ1v) is 9.31. The van der Waals surface area contributed by atoms with Crippen LogP contribution in [0.3, 0.4) is 0 Å². The molecule has 0 radical (unpaired) electrons. The number of thioether (sulfide) groups is 1. The summed E-state index contributed by atoms with van der Waals surface area (Å²) in [4.78, 5) is 38.0. The van der Waals surface area contributed by atoms with E-state index in [9.17, 15) is 14.4 Å². The monoisotopic (exact) mass is 369 g/mol. The molecule has 3 amide bonds. The summed E-state index contributed by atoms with van der Waals surface area (Å²) in [7, 11) is 0. The third-order valence-electron chi connectivity index (χ3n) is 3.88. The number of para-hydroxylation sites is 1. The molecule has 0 aromatic heterocycles. The highest BCUT2D eigenvalue weighted by atomic mass is 32.2. The van der Waals surface area contributed by atoms with Crippen molar-refractivity contribution in [3.8, 4) is 0 Å². The lowest BCUT2D eigenvalue weighted by Gasteiger charge is -2.16. The fourth-order valence-corrected chi connectivity index (χ4v) is 3.52. The van der Waals surface area contributed by atoms with Crippen LogP contribution in [0.5, 0.6) is 0 Å². The van der Waals surface area contributed by atoms with Gasteiger partial charge >= 0.3 is 0 Å². The summed E-state index contributed by atoms with van der Waals surface area (Å²) in [6.45, 7) is 1.93. The van der Waals surface area contributed by atoms with E-state index in [1.807, 2.05) is 31.2 Å². The number of benzene rings is 2. The van der Waals surface area contributed by atoms with E-state index in [2.05, 4.69) is 10.6 Å². The Labute approximate surface area is 156 Å². The van der Waals surface area contributed by atoms with Crippen LogP contribution < -0.4 is 10.6 Å². The van der Waals surface area contributed by atoms with Crippen molar-refractivity contribution in [2.24, 2.45) is 0 Å². The van der Waals surface area contributed by atoms with Crippen LogP contribution in [0.2, 0.25) is 0 Å². The lowest BCUT2D eigenvalue weighted by Crippen LogP contribution is -2.34. The zero-order chi connectivity index (χ0) is 18.5. The van der Waals surface area contributed by atoms with Gasteiger partial charge < -0.3 is 15.5 Å². The van der Waals surface area contributed by atoms with Crippen LogP contribution in [0.1, 0.15) is 15.9 Å². The number of nitrogens with zero attached hydrogens (tertiary/aromatic N) is 1. The zero-order valence-electron chi connectivity index (χ0n) is 14.3. The molecule has 0 saturated carbocycles. The quantitative estimate of drug-likeness (QED) is 0.849. The third-order valence-corrected chi connectivity index (χ3v) is 4.83. The minimum Gasteiger partial charge on any atom is -0.324 e. The van der Waals surface area contributed by atoms with Crippen LogP contribution in [0, 0.1) is 6.92 Å². The molecule has 1 aliphatic rings. The van der Waals surface area contributed by atoms with Crippen LogP contribution in [-0.4, -0.2) is 40.8 Å². The van der Waals surface area contributed by atoms with E-state index >= 15 is 0 Å². The van der Waals surface area contributed by atoms with Gasteiger partial charge in [0.05, 0.1) is 22.9 Å². The number of hydrogen-bond donors (Lipinski definition) is 2. The van der Waals surface area contributed by atoms with Crippen molar-refractivity contribution in [1.29, 1.82) is 0 Å². The Morgan fingerprint density at radius 2 is 1.92 bits per heavy atom. The van der Waals surface area contributed by atoms with Crippen LogP contribution in [0.15, 0.2) is 48.5 Å². The molecule has 1 aliphatic heterocycles. The second-order valence-corrected chi connectivity index (χ2v) is 6.94. The minimum absolute atomic E-state index is 0.0142. The Balaban J connectivity index is 1.70. The predicted molar refractivity (Wildman–Crippen MR) is 103 cm³/mol. The van der Waals surface area contributed by atoms with Gasteiger partial charge in [0, 0.05) is 5.69 Å². The largest absolute Gasteiger partial charge is 0.324 e. The average molecular weight is 369 g/mol. The highest BCUT2D eigenvalue weighted by molar-refractivity contribution is 8.00. The first-order valence-electron chi connectivity index (χ1n) is 8.15. The highest BCUT2D eigenvalue weighted by Gasteiger charge is 2.23. The molecule has 26 heavy (non-hydrogen) atoms. The van der Waals surface area contributed by atoms with Gasteiger partial charge in [0.25, 0.3) is 5.91 Å². The highest BCUT2D eigenvalue weighted by Crippen LogP contribution is 2.19. The molecule has 1 saturated heterocycles. The molecule has 1 heterocycles. The smallest absolute Gasteiger partial charge is 0.257 e. The SMILES string of the molecule is Cc1cccc(NC(=O)c2ccccc2NC(=O)CN2CSCC2=O)c1. The second-order valence-electron chi connectivity index (χ2n) is 5.99. The van der Waals surface area contributed by atoms with Crippen molar-refractivity contribution in [1.82, 2.24) is 4.90 Å². The van der Waals surface area contributed by atoms with Crippen molar-refractivity contribution in [3.05, 3.63) is 59.7 Å². The predicted octanol–water partition coefficient (Wildman–Crippen LogP) is 2.72. The van der Waals surface area contributed by atoms with E-state index in [0.717, 1.165) is 5.56 Å². The van der Waals surface area contributed by atoms with E-state index in [1.54, 1.807) is 24.3 Å². The standard InChI is InChI=1S/C19H19N3O3S/c1-13-5-4-6-14(9-13)20-19(25)15-7-2-3-8-16(15)21-17(23)10-22-12-26-11-18(22)24/h2-9H,10-12H2,1H3,(H,20,25)(H,21,23). The lowest BCUT2D eigenvalue weighted by molar-refractivity contribution is -0.130. The summed E-state index contributed by atoms with van der Waals surface area (Å²) in [5.41, 5.74) is 2.51. The maximum absolute atomic E-state index is 12.6. The number of nitrogens with one attached hydrogen (secondary N) is 2. The van der Waals surface area contributed by atoms with Crippen molar-refractivity contribution in [2.75, 3.05) is 28.8 Å². The van der Waals surface area contributed by atoms with Gasteiger partial charge in [-0.05, 0) is 36.8 Å². The van der Waals surface area contributed by atoms with E-state index in [4.69, 9.17) is 0 Å². The third kappa shape index (κ3) is 4.43. The molecule has 0 spiro atoms. The topological polar surface area (TPSA) is 78.5 Å². The molecule has 1 fully saturated rings. The summed E-state index contributed by atoms with van der Waals surface area (Å²) in [5.74, 6) is 0.247. The van der Waals surface area contributed by atoms with Gasteiger partial charge in [-0.3, -0.25) is 14.4 Å². The number of anilines is 2. The summed E-state index contributed by atoms with van der Waals surface area (Å²) in [6, 6.07) is 14.3. The van der Waals surface area contributed by atoms with Crippen molar-refractivity contribution < 1.29 is 14.4 Å². The zero-order valence-corrected chi connectivity index (χ0v) is 15.1. The van der Waals surface area contributed by atoms with Crippen molar-refractivity contribution in [2.45, 2.75) is 6.92 Å². The van der Waals surface area contributed by atoms with Gasteiger partial charge in [-0.1, -0.05) is 24.3 Å². The van der Waals surface area contributed by atoms with Gasteiger partial charge in [-0.15, -0.1) is 11.8 Å². The summed E-state index contributed by atoms with van der Waals surface area (Å²) in [6.07, 6.45) is 0. The average Bonchev–Trinajstić information content (AvgIpc) is 3.00. The summed E-state index contributed by atoms with van der Waals surface area (Å²) in [5, 5.41) is 5.57. The fraction of sp³-hybridized carbons (Fsp3) is 0.211. The molecule has 6 nitrogen and oxygen atoms in total. The van der Waals surface area contributed by atoms with Crippen molar-refractivity contribution >= 4 is 40.9 Å². The van der Waals surface area contributed by atoms with Gasteiger partial charge in [-0.2, -0.15) is 0 Å². The fourth-order valence-electron chi connectivity index (χ4n) is 2.61. The molecule has 2 N–H and O–H groups in total. The van der Waals surface area contributed by atoms with E-state index < -0.39 is 0 Å². The molecule has 0 atom stereocenters. The lowest BCUT2D eigenvalue weighted by atomic mass is 10.1. The molecular formula is C19H19N3O3S. The molecule has 3 rings (SSSR count). The number of hydrogen-bond acceptors (Lipinski definition) is 4. The molecule has 0 unspecified atom stereocenters. The van der Waals surface area contributed by atoms with E-state index in [-0.39, 0.29) is 24.3 Å². The van der Waals surface area contributed by atoms with E-state index in [0.29, 0.717) is 28.6 Å². The van der Waals surface area contributed by atoms with Crippen LogP contribution in [0.4, 0.5) is 11.4 Å². The van der Waals surface area contributed by atoms with E-state index in [1.165, 1.54) is 16.7 Å². The normalized spacial score (nSPS) is 13.6. The second kappa shape index (κ2) is 8.05. The van der Waals surface area contributed by atoms with Gasteiger partial charge in [0.1, 0.15) is 6.54 Å². The number of rotatable bonds is 5. The molecule has 0 aliphatic carbocycles. The molecule has 0 bridgehead atoms. The maximum Gasteiger partial charge on any atom is 0.257 e. The molecule has 2 aromatic rings. The Bertz CT molecular complexity index is 853. The Kier molecular flexibility index (Phi) is 5.58. The summed E-state index contributed by atoms with van der Waals surface area (Å²) < 4.78 is 0. The maximum atomic E-state index is 12.6. The molecule has 134 valence electrons. The van der Waals surface area contributed by atoms with Crippen LogP contribution in [0.25, 0.3) is 0 Å². The number of aryl methyl sites for hydroxylation is 1. The minimum atomic E-state index is -0.323.